The van der Waals surface area contributed by atoms with Gasteiger partial charge in [0.2, 0.25) is 5.88 Å². The highest BCUT2D eigenvalue weighted by Gasteiger charge is 2.31. The molecule has 1 aliphatic rings. The van der Waals surface area contributed by atoms with Crippen LogP contribution in [-0.4, -0.2) is 62.6 Å². The molecule has 12 heteroatoms. The molecule has 1 aromatic heterocycles. The highest BCUT2D eigenvalue weighted by Crippen LogP contribution is 2.30. The van der Waals surface area contributed by atoms with Gasteiger partial charge >= 0.3 is 18.2 Å². The van der Waals surface area contributed by atoms with Crippen molar-refractivity contribution in [2.45, 2.75) is 32.6 Å². The van der Waals surface area contributed by atoms with Crippen LogP contribution < -0.4 is 10.6 Å². The number of amides is 2. The zero-order chi connectivity index (χ0) is 26.5. The number of carbonyl (C=O) groups is 2. The molecule has 194 valence electrons. The molecular weight excluding hydrogens is 479 g/mol. The van der Waals surface area contributed by atoms with Gasteiger partial charge < -0.3 is 14.7 Å². The Kier molecular flexibility index (Phi) is 8.53. The third-order valence-electron chi connectivity index (χ3n) is 5.69. The van der Waals surface area contributed by atoms with E-state index in [1.165, 1.54) is 25.3 Å². The summed E-state index contributed by atoms with van der Waals surface area (Å²) in [5, 5.41) is 9.83. The quantitative estimate of drug-likeness (QED) is 0.332. The Labute approximate surface area is 206 Å². The molecule has 1 aromatic carbocycles. The topological polar surface area (TPSA) is 112 Å². The lowest BCUT2D eigenvalue weighted by Crippen LogP contribution is -2.57. The maximum atomic E-state index is 12.7. The first-order valence-corrected chi connectivity index (χ1v) is 11.2. The Hall–Kier alpha value is -3.64. The molecule has 0 aliphatic carbocycles. The first kappa shape index (κ1) is 27.0. The summed E-state index contributed by atoms with van der Waals surface area (Å²) < 4.78 is 43.7. The second-order valence-corrected chi connectivity index (χ2v) is 8.57. The van der Waals surface area contributed by atoms with Gasteiger partial charge in [-0.25, -0.2) is 20.6 Å². The predicted molar refractivity (Wildman–Crippen MR) is 125 cm³/mol. The third kappa shape index (κ3) is 7.18. The van der Waals surface area contributed by atoms with E-state index < -0.39 is 29.7 Å². The van der Waals surface area contributed by atoms with Gasteiger partial charge in [0.25, 0.3) is 0 Å². The zero-order valence-corrected chi connectivity index (χ0v) is 19.9. The predicted octanol–water partition coefficient (Wildman–Crippen LogP) is 3.93. The van der Waals surface area contributed by atoms with Crippen molar-refractivity contribution in [2.75, 3.05) is 19.6 Å². The molecule has 36 heavy (non-hydrogen) atoms. The number of alkyl halides is 3. The molecule has 2 aromatic rings. The van der Waals surface area contributed by atoms with Crippen LogP contribution in [0, 0.1) is 5.92 Å². The number of piperazine rings is 1. The number of urea groups is 1. The summed E-state index contributed by atoms with van der Waals surface area (Å²) in [7, 11) is 0. The molecule has 2 heterocycles. The minimum absolute atomic E-state index is 0.0547. The summed E-state index contributed by atoms with van der Waals surface area (Å²) in [4.78, 5) is 31.1. The van der Waals surface area contributed by atoms with E-state index >= 15 is 0 Å². The van der Waals surface area contributed by atoms with E-state index in [4.69, 9.17) is 15.7 Å². The zero-order valence-electron chi connectivity index (χ0n) is 19.9. The summed E-state index contributed by atoms with van der Waals surface area (Å²) in [5.41, 5.74) is 0.0800. The summed E-state index contributed by atoms with van der Waals surface area (Å²) in [5.74, 6) is 4.52. The Balaban J connectivity index is 1.56. The van der Waals surface area contributed by atoms with Crippen molar-refractivity contribution >= 4 is 12.0 Å². The average molecular weight is 508 g/mol. The number of benzene rings is 1. The first-order valence-electron chi connectivity index (χ1n) is 11.2. The van der Waals surface area contributed by atoms with Crippen LogP contribution in [0.25, 0.3) is 0 Å². The number of nitrogens with two attached hydrogens (primary N) is 1. The Bertz CT molecular complexity index is 1090. The lowest BCUT2D eigenvalue weighted by atomic mass is 10.1. The fourth-order valence-electron chi connectivity index (χ4n) is 3.67. The molecule has 1 aliphatic heterocycles. The molecule has 9 nitrogen and oxygen atoms in total. The van der Waals surface area contributed by atoms with Crippen molar-refractivity contribution in [2.24, 2.45) is 11.8 Å². The van der Waals surface area contributed by atoms with Gasteiger partial charge in [0.15, 0.2) is 0 Å². The number of hydrazine groups is 1. The molecule has 1 saturated heterocycles. The van der Waals surface area contributed by atoms with Gasteiger partial charge in [0.1, 0.15) is 5.75 Å². The molecule has 1 fully saturated rings. The standard InChI is InChI=1S/C24H28F3N5O4/c1-16(22(33)34)8-9-32(28)23(35)31-11-10-30(14-17(31)2)15-18-4-3-5-20(12-18)36-21-7-6-19(13-29-21)24(25,26)27/h3-9,12-13,16-17H,10-11,14-15,28H2,1-2H3,(H,33,34)/b9-8-/t16?,17-/m0/s1. The van der Waals surface area contributed by atoms with Crippen LogP contribution in [-0.2, 0) is 17.5 Å². The van der Waals surface area contributed by atoms with Crippen molar-refractivity contribution in [1.29, 1.82) is 0 Å². The van der Waals surface area contributed by atoms with Crippen molar-refractivity contribution in [1.82, 2.24) is 19.8 Å². The van der Waals surface area contributed by atoms with E-state index in [0.29, 0.717) is 31.9 Å². The highest BCUT2D eigenvalue weighted by atomic mass is 19.4. The van der Waals surface area contributed by atoms with Crippen LogP contribution in [0.5, 0.6) is 11.6 Å². The number of carboxylic acid groups (broad SMARTS) is 1. The van der Waals surface area contributed by atoms with Gasteiger partial charge in [-0.2, -0.15) is 13.2 Å². The largest absolute Gasteiger partial charge is 0.481 e. The van der Waals surface area contributed by atoms with Crippen molar-refractivity contribution in [3.8, 4) is 11.6 Å². The number of nitrogens with zero attached hydrogens (tertiary/aromatic N) is 4. The third-order valence-corrected chi connectivity index (χ3v) is 5.69. The number of hydrogen-bond acceptors (Lipinski definition) is 6. The Morgan fingerprint density at radius 2 is 2.06 bits per heavy atom. The fourth-order valence-corrected chi connectivity index (χ4v) is 3.67. The smallest absolute Gasteiger partial charge is 0.417 e. The molecule has 0 radical (unpaired) electrons. The van der Waals surface area contributed by atoms with Crippen molar-refractivity contribution in [3.63, 3.8) is 0 Å². The van der Waals surface area contributed by atoms with E-state index in [2.05, 4.69) is 9.88 Å². The summed E-state index contributed by atoms with van der Waals surface area (Å²) in [6.45, 7) is 5.56. The minimum Gasteiger partial charge on any atom is -0.481 e. The van der Waals surface area contributed by atoms with E-state index in [1.54, 1.807) is 23.1 Å². The second kappa shape index (κ2) is 11.4. The Morgan fingerprint density at radius 1 is 1.31 bits per heavy atom. The molecule has 3 N–H and O–H groups in total. The van der Waals surface area contributed by atoms with E-state index in [0.717, 1.165) is 22.8 Å². The lowest BCUT2D eigenvalue weighted by molar-refractivity contribution is -0.139. The summed E-state index contributed by atoms with van der Waals surface area (Å²) in [6.07, 6.45) is -1.13. The number of halogens is 3. The van der Waals surface area contributed by atoms with Crippen LogP contribution in [0.1, 0.15) is 25.0 Å². The Morgan fingerprint density at radius 3 is 2.67 bits per heavy atom. The number of carbonyl (C=O) groups excluding carboxylic acids is 1. The highest BCUT2D eigenvalue weighted by molar-refractivity contribution is 5.76. The number of pyridine rings is 1. The van der Waals surface area contributed by atoms with Crippen LogP contribution in [0.3, 0.4) is 0 Å². The van der Waals surface area contributed by atoms with Gasteiger partial charge in [0.05, 0.1) is 11.5 Å². The summed E-state index contributed by atoms with van der Waals surface area (Å²) >= 11 is 0. The van der Waals surface area contributed by atoms with Crippen LogP contribution in [0.2, 0.25) is 0 Å². The van der Waals surface area contributed by atoms with E-state index in [-0.39, 0.29) is 11.9 Å². The minimum atomic E-state index is -4.46. The maximum Gasteiger partial charge on any atom is 0.417 e. The number of ether oxygens (including phenoxy) is 1. The van der Waals surface area contributed by atoms with E-state index in [9.17, 15) is 22.8 Å². The SMILES string of the molecule is CC(/C=C\N(N)C(=O)N1CCN(Cc2cccc(Oc3ccc(C(F)(F)F)cn3)c2)C[C@@H]1C)C(=O)O. The van der Waals surface area contributed by atoms with Crippen molar-refractivity contribution in [3.05, 3.63) is 66.0 Å². The number of rotatable bonds is 7. The molecule has 0 spiro atoms. The van der Waals surface area contributed by atoms with Gasteiger partial charge in [-0.1, -0.05) is 18.2 Å². The average Bonchev–Trinajstić information content (AvgIpc) is 2.82. The van der Waals surface area contributed by atoms with Gasteiger partial charge in [-0.3, -0.25) is 9.69 Å². The molecular formula is C24H28F3N5O4. The van der Waals surface area contributed by atoms with E-state index in [1.807, 2.05) is 13.0 Å². The monoisotopic (exact) mass is 507 g/mol. The molecule has 0 saturated carbocycles. The molecule has 1 unspecified atom stereocenters. The number of aliphatic carboxylic acids is 1. The molecule has 2 amide bonds. The van der Waals surface area contributed by atoms with Gasteiger partial charge in [-0.05, 0) is 37.6 Å². The normalized spacial score (nSPS) is 17.7. The van der Waals surface area contributed by atoms with Crippen LogP contribution >= 0.6 is 0 Å². The van der Waals surface area contributed by atoms with Gasteiger partial charge in [-0.15, -0.1) is 0 Å². The molecule has 2 atom stereocenters. The number of carboxylic acids is 1. The lowest BCUT2D eigenvalue weighted by Gasteiger charge is -2.40. The molecule has 0 bridgehead atoms. The molecule has 3 rings (SSSR count). The van der Waals surface area contributed by atoms with Crippen LogP contribution in [0.15, 0.2) is 54.9 Å². The van der Waals surface area contributed by atoms with Gasteiger partial charge in [0, 0.05) is 50.7 Å². The summed E-state index contributed by atoms with van der Waals surface area (Å²) in [6, 6.07) is 8.70. The fraction of sp³-hybridized carbons (Fsp3) is 0.375. The van der Waals surface area contributed by atoms with Crippen molar-refractivity contribution < 1.29 is 32.6 Å². The second-order valence-electron chi connectivity index (χ2n) is 8.57. The first-order chi connectivity index (χ1) is 16.9. The number of hydrogen-bond donors (Lipinski definition) is 2. The number of aromatic nitrogens is 1. The van der Waals surface area contributed by atoms with Crippen LogP contribution in [0.4, 0.5) is 18.0 Å². The maximum absolute atomic E-state index is 12.7.